The smallest absolute Gasteiger partial charge is 0.236 e. The Kier molecular flexibility index (Phi) is 5.07. The summed E-state index contributed by atoms with van der Waals surface area (Å²) in [6, 6.07) is 9.77. The van der Waals surface area contributed by atoms with Crippen molar-refractivity contribution in [2.45, 2.75) is 36.5 Å². The number of nitrogens with zero attached hydrogens (tertiary/aromatic N) is 5. The summed E-state index contributed by atoms with van der Waals surface area (Å²) in [5, 5.41) is 13.5. The first kappa shape index (κ1) is 17.9. The zero-order valence-electron chi connectivity index (χ0n) is 15.0. The predicted octanol–water partition coefficient (Wildman–Crippen LogP) is 3.42. The van der Waals surface area contributed by atoms with Gasteiger partial charge in [0.1, 0.15) is 10.8 Å². The van der Waals surface area contributed by atoms with E-state index in [1.54, 1.807) is 16.6 Å². The Balaban J connectivity index is 1.61. The van der Waals surface area contributed by atoms with Gasteiger partial charge < -0.3 is 4.90 Å². The number of rotatable bonds is 5. The Hall–Kier alpha value is -2.48. The van der Waals surface area contributed by atoms with E-state index in [9.17, 15) is 9.18 Å². The first-order valence-corrected chi connectivity index (χ1v) is 9.97. The van der Waals surface area contributed by atoms with Crippen LogP contribution < -0.4 is 0 Å². The first-order valence-electron chi connectivity index (χ1n) is 9.09. The van der Waals surface area contributed by atoms with Crippen molar-refractivity contribution in [2.24, 2.45) is 0 Å². The summed E-state index contributed by atoms with van der Waals surface area (Å²) < 4.78 is 14.8. The number of halogens is 1. The van der Waals surface area contributed by atoms with Crippen molar-refractivity contribution < 1.29 is 9.18 Å². The van der Waals surface area contributed by atoms with Crippen LogP contribution in [0.1, 0.15) is 26.2 Å². The van der Waals surface area contributed by atoms with Crippen LogP contribution in [0.2, 0.25) is 0 Å². The summed E-state index contributed by atoms with van der Waals surface area (Å²) in [5.74, 6) is 0.429. The third-order valence-corrected chi connectivity index (χ3v) is 5.95. The van der Waals surface area contributed by atoms with Crippen molar-refractivity contribution in [3.63, 3.8) is 0 Å². The molecule has 8 heteroatoms. The number of fused-ring (bicyclic) bond motifs is 1. The molecule has 0 saturated carbocycles. The molecule has 1 aromatic carbocycles. The second kappa shape index (κ2) is 7.64. The second-order valence-electron chi connectivity index (χ2n) is 6.52. The Morgan fingerprint density at radius 2 is 1.89 bits per heavy atom. The van der Waals surface area contributed by atoms with Gasteiger partial charge in [-0.3, -0.25) is 4.79 Å². The van der Waals surface area contributed by atoms with Gasteiger partial charge in [-0.25, -0.2) is 4.39 Å². The van der Waals surface area contributed by atoms with Gasteiger partial charge in [0.2, 0.25) is 5.91 Å². The van der Waals surface area contributed by atoms with Gasteiger partial charge in [0, 0.05) is 18.7 Å². The maximum atomic E-state index is 13.2. The second-order valence-corrected chi connectivity index (χ2v) is 7.74. The van der Waals surface area contributed by atoms with Gasteiger partial charge in [0.05, 0.1) is 5.25 Å². The predicted molar refractivity (Wildman–Crippen MR) is 102 cm³/mol. The molecule has 1 aliphatic rings. The molecule has 1 amide bonds. The molecule has 0 N–H and O–H groups in total. The zero-order valence-corrected chi connectivity index (χ0v) is 15.8. The molecule has 2 aromatic heterocycles. The third-order valence-electron chi connectivity index (χ3n) is 4.67. The number of amides is 1. The van der Waals surface area contributed by atoms with Crippen LogP contribution in [-0.4, -0.2) is 49.0 Å². The van der Waals surface area contributed by atoms with Crippen molar-refractivity contribution in [1.29, 1.82) is 0 Å². The normalized spacial score (nSPS) is 15.4. The maximum Gasteiger partial charge on any atom is 0.236 e. The minimum absolute atomic E-state index is 0.154. The molecule has 0 spiro atoms. The summed E-state index contributed by atoms with van der Waals surface area (Å²) in [7, 11) is 0. The van der Waals surface area contributed by atoms with E-state index in [1.165, 1.54) is 23.9 Å². The lowest BCUT2D eigenvalue weighted by Gasteiger charge is -2.21. The van der Waals surface area contributed by atoms with Crippen LogP contribution in [-0.2, 0) is 4.79 Å². The van der Waals surface area contributed by atoms with Crippen LogP contribution in [0.3, 0.4) is 0 Å². The number of thioether (sulfide) groups is 1. The van der Waals surface area contributed by atoms with E-state index in [-0.39, 0.29) is 17.0 Å². The van der Waals surface area contributed by atoms with Crippen molar-refractivity contribution in [1.82, 2.24) is 24.7 Å². The minimum atomic E-state index is -0.303. The Labute approximate surface area is 160 Å². The van der Waals surface area contributed by atoms with Crippen LogP contribution in [0.5, 0.6) is 0 Å². The van der Waals surface area contributed by atoms with Crippen LogP contribution in [0.4, 0.5) is 4.39 Å². The minimum Gasteiger partial charge on any atom is -0.342 e. The SMILES string of the molecule is CCC(Sc1ccc2nnc(-c3ccc(F)cc3)n2n1)C(=O)N1CCCC1. The molecule has 4 rings (SSSR count). The summed E-state index contributed by atoms with van der Waals surface area (Å²) in [6.45, 7) is 3.72. The number of carbonyl (C=O) groups is 1. The highest BCUT2D eigenvalue weighted by molar-refractivity contribution is 8.00. The Morgan fingerprint density at radius 3 is 2.59 bits per heavy atom. The summed E-state index contributed by atoms with van der Waals surface area (Å²) in [4.78, 5) is 14.7. The molecule has 1 fully saturated rings. The number of likely N-dealkylation sites (tertiary alicyclic amines) is 1. The van der Waals surface area contributed by atoms with Crippen molar-refractivity contribution in [3.8, 4) is 11.4 Å². The van der Waals surface area contributed by atoms with Crippen molar-refractivity contribution in [3.05, 3.63) is 42.2 Å². The van der Waals surface area contributed by atoms with Gasteiger partial charge in [-0.1, -0.05) is 18.7 Å². The lowest BCUT2D eigenvalue weighted by molar-refractivity contribution is -0.129. The molecule has 27 heavy (non-hydrogen) atoms. The van der Waals surface area contributed by atoms with E-state index in [2.05, 4.69) is 15.3 Å². The lowest BCUT2D eigenvalue weighted by Crippen LogP contribution is -2.35. The molecule has 1 atom stereocenters. The molecule has 1 saturated heterocycles. The quantitative estimate of drug-likeness (QED) is 0.630. The molecule has 0 bridgehead atoms. The number of hydrogen-bond donors (Lipinski definition) is 0. The average molecular weight is 385 g/mol. The molecular weight excluding hydrogens is 365 g/mol. The van der Waals surface area contributed by atoms with Crippen LogP contribution in [0, 0.1) is 5.82 Å². The summed E-state index contributed by atoms with van der Waals surface area (Å²) in [5.41, 5.74) is 1.34. The van der Waals surface area contributed by atoms with Gasteiger partial charge in [0.25, 0.3) is 0 Å². The molecular formula is C19H20FN5OS. The Morgan fingerprint density at radius 1 is 1.15 bits per heavy atom. The van der Waals surface area contributed by atoms with Crippen molar-refractivity contribution >= 4 is 23.3 Å². The van der Waals surface area contributed by atoms with E-state index in [1.807, 2.05) is 24.0 Å². The number of carbonyl (C=O) groups excluding carboxylic acids is 1. The standard InChI is InChI=1S/C19H20FN5OS/c1-2-15(19(26)24-11-3-4-12-24)27-17-10-9-16-21-22-18(25(16)23-17)13-5-7-14(20)8-6-13/h5-10,15H,2-4,11-12H2,1H3. The lowest BCUT2D eigenvalue weighted by atomic mass is 10.2. The fourth-order valence-electron chi connectivity index (χ4n) is 3.21. The van der Waals surface area contributed by atoms with E-state index < -0.39 is 0 Å². The largest absolute Gasteiger partial charge is 0.342 e. The van der Waals surface area contributed by atoms with Gasteiger partial charge >= 0.3 is 0 Å². The molecule has 3 aromatic rings. The molecule has 1 aliphatic heterocycles. The maximum absolute atomic E-state index is 13.2. The zero-order chi connectivity index (χ0) is 18.8. The third kappa shape index (κ3) is 3.66. The van der Waals surface area contributed by atoms with E-state index in [0.29, 0.717) is 11.5 Å². The average Bonchev–Trinajstić information content (AvgIpc) is 3.36. The van der Waals surface area contributed by atoms with Gasteiger partial charge in [0.15, 0.2) is 11.5 Å². The highest BCUT2D eigenvalue weighted by Gasteiger charge is 2.26. The fraction of sp³-hybridized carbons (Fsp3) is 0.368. The van der Waals surface area contributed by atoms with Crippen molar-refractivity contribution in [2.75, 3.05) is 13.1 Å². The van der Waals surface area contributed by atoms with Gasteiger partial charge in [-0.05, 0) is 55.7 Å². The summed E-state index contributed by atoms with van der Waals surface area (Å²) >= 11 is 1.47. The molecule has 0 radical (unpaired) electrons. The van der Waals surface area contributed by atoms with Gasteiger partial charge in [-0.15, -0.1) is 10.2 Å². The monoisotopic (exact) mass is 385 g/mol. The Bertz CT molecular complexity index is 952. The number of aromatic nitrogens is 4. The fourth-order valence-corrected chi connectivity index (χ4v) is 4.19. The summed E-state index contributed by atoms with van der Waals surface area (Å²) in [6.07, 6.45) is 2.91. The molecule has 0 aliphatic carbocycles. The van der Waals surface area contributed by atoms with Crippen LogP contribution >= 0.6 is 11.8 Å². The van der Waals surface area contributed by atoms with Gasteiger partial charge in [-0.2, -0.15) is 9.61 Å². The molecule has 140 valence electrons. The highest BCUT2D eigenvalue weighted by Crippen LogP contribution is 2.27. The molecule has 3 heterocycles. The molecule has 1 unspecified atom stereocenters. The first-order chi connectivity index (χ1) is 13.2. The highest BCUT2D eigenvalue weighted by atomic mass is 32.2. The van der Waals surface area contributed by atoms with Crippen LogP contribution in [0.25, 0.3) is 17.0 Å². The van der Waals surface area contributed by atoms with E-state index >= 15 is 0 Å². The molecule has 6 nitrogen and oxygen atoms in total. The van der Waals surface area contributed by atoms with E-state index in [0.717, 1.165) is 42.9 Å². The number of benzene rings is 1. The van der Waals surface area contributed by atoms with E-state index in [4.69, 9.17) is 0 Å². The van der Waals surface area contributed by atoms with Crippen LogP contribution in [0.15, 0.2) is 41.4 Å². The topological polar surface area (TPSA) is 63.4 Å². The number of hydrogen-bond acceptors (Lipinski definition) is 5.